The van der Waals surface area contributed by atoms with Gasteiger partial charge in [-0.2, -0.15) is 0 Å². The lowest BCUT2D eigenvalue weighted by Crippen LogP contribution is -2.14. The van der Waals surface area contributed by atoms with E-state index in [0.717, 1.165) is 0 Å². The normalized spacial score (nSPS) is 10.2. The fourth-order valence-electron chi connectivity index (χ4n) is 2.59. The third kappa shape index (κ3) is 4.98. The van der Waals surface area contributed by atoms with Gasteiger partial charge in [-0.1, -0.05) is 24.3 Å². The smallest absolute Gasteiger partial charge is 0.255 e. The van der Waals surface area contributed by atoms with Crippen molar-refractivity contribution in [1.29, 1.82) is 0 Å². The molecule has 0 saturated carbocycles. The molecule has 0 aliphatic carbocycles. The van der Waals surface area contributed by atoms with E-state index in [0.29, 0.717) is 39.3 Å². The van der Waals surface area contributed by atoms with Gasteiger partial charge in [0, 0.05) is 22.5 Å². The molecule has 0 heterocycles. The van der Waals surface area contributed by atoms with Crippen molar-refractivity contribution in [3.63, 3.8) is 0 Å². The molecular weight excluding hydrogens is 420 g/mol. The molecule has 2 amide bonds. The molecule has 0 unspecified atom stereocenters. The van der Waals surface area contributed by atoms with Crippen LogP contribution in [-0.2, 0) is 0 Å². The summed E-state index contributed by atoms with van der Waals surface area (Å²) in [6, 6.07) is 21.1. The Bertz CT molecular complexity index is 990. The summed E-state index contributed by atoms with van der Waals surface area (Å²) in [6.45, 7) is 2.45. The number of hydrogen-bond donors (Lipinski definition) is 2. The van der Waals surface area contributed by atoms with E-state index in [4.69, 9.17) is 4.74 Å². The molecule has 0 radical (unpaired) electrons. The number of benzene rings is 3. The summed E-state index contributed by atoms with van der Waals surface area (Å²) in [5, 5.41) is 5.67. The number of halogens is 1. The standard InChI is InChI=1S/C22H19BrN2O3/c1-2-28-20-12-11-16(13-19(20)23)22(27)25-18-10-6-9-17(14-18)24-21(26)15-7-4-3-5-8-15/h3-14H,2H2,1H3,(H,24,26)(H,25,27). The number of hydrogen-bond acceptors (Lipinski definition) is 3. The largest absolute Gasteiger partial charge is 0.493 e. The number of nitrogens with one attached hydrogen (secondary N) is 2. The molecule has 0 aliphatic heterocycles. The maximum absolute atomic E-state index is 12.5. The molecule has 0 saturated heterocycles. The zero-order chi connectivity index (χ0) is 19.9. The number of ether oxygens (including phenoxy) is 1. The summed E-state index contributed by atoms with van der Waals surface area (Å²) in [6.07, 6.45) is 0. The topological polar surface area (TPSA) is 67.4 Å². The first-order valence-corrected chi connectivity index (χ1v) is 9.56. The predicted molar refractivity (Wildman–Crippen MR) is 114 cm³/mol. The van der Waals surface area contributed by atoms with E-state index in [1.807, 2.05) is 13.0 Å². The van der Waals surface area contributed by atoms with Crippen LogP contribution in [0, 0.1) is 0 Å². The van der Waals surface area contributed by atoms with Gasteiger partial charge in [-0.25, -0.2) is 0 Å². The SMILES string of the molecule is CCOc1ccc(C(=O)Nc2cccc(NC(=O)c3ccccc3)c2)cc1Br. The van der Waals surface area contributed by atoms with Crippen molar-refractivity contribution in [2.75, 3.05) is 17.2 Å². The molecule has 3 rings (SSSR count). The lowest BCUT2D eigenvalue weighted by molar-refractivity contribution is 0.101. The van der Waals surface area contributed by atoms with Crippen LogP contribution in [0.5, 0.6) is 5.75 Å². The van der Waals surface area contributed by atoms with Crippen LogP contribution < -0.4 is 15.4 Å². The quantitative estimate of drug-likeness (QED) is 0.544. The monoisotopic (exact) mass is 438 g/mol. The van der Waals surface area contributed by atoms with Crippen LogP contribution in [0.3, 0.4) is 0 Å². The molecule has 0 fully saturated rings. The van der Waals surface area contributed by atoms with E-state index < -0.39 is 0 Å². The Morgan fingerprint density at radius 2 is 1.46 bits per heavy atom. The van der Waals surface area contributed by atoms with Gasteiger partial charge in [0.1, 0.15) is 5.75 Å². The van der Waals surface area contributed by atoms with Crippen molar-refractivity contribution in [1.82, 2.24) is 0 Å². The molecule has 0 bridgehead atoms. The predicted octanol–water partition coefficient (Wildman–Crippen LogP) is 5.35. The van der Waals surface area contributed by atoms with Gasteiger partial charge < -0.3 is 15.4 Å². The van der Waals surface area contributed by atoms with Crippen molar-refractivity contribution in [2.24, 2.45) is 0 Å². The number of rotatable bonds is 6. The Balaban J connectivity index is 1.69. The summed E-state index contributed by atoms with van der Waals surface area (Å²) >= 11 is 3.41. The van der Waals surface area contributed by atoms with Gasteiger partial charge in [0.25, 0.3) is 11.8 Å². The maximum atomic E-state index is 12.5. The second kappa shape index (κ2) is 9.19. The second-order valence-electron chi connectivity index (χ2n) is 5.93. The first-order valence-electron chi connectivity index (χ1n) is 8.77. The number of anilines is 2. The highest BCUT2D eigenvalue weighted by Crippen LogP contribution is 2.26. The Labute approximate surface area is 171 Å². The first kappa shape index (κ1) is 19.6. The van der Waals surface area contributed by atoms with Crippen LogP contribution in [0.4, 0.5) is 11.4 Å². The van der Waals surface area contributed by atoms with Crippen LogP contribution in [0.15, 0.2) is 77.3 Å². The van der Waals surface area contributed by atoms with Crippen LogP contribution in [-0.4, -0.2) is 18.4 Å². The molecule has 0 spiro atoms. The van der Waals surface area contributed by atoms with Gasteiger partial charge in [0.2, 0.25) is 0 Å². The van der Waals surface area contributed by atoms with E-state index >= 15 is 0 Å². The Morgan fingerprint density at radius 3 is 2.07 bits per heavy atom. The van der Waals surface area contributed by atoms with E-state index in [1.54, 1.807) is 66.7 Å². The summed E-state index contributed by atoms with van der Waals surface area (Å²) < 4.78 is 6.17. The van der Waals surface area contributed by atoms with Crippen molar-refractivity contribution in [2.45, 2.75) is 6.92 Å². The summed E-state index contributed by atoms with van der Waals surface area (Å²) in [5.74, 6) is 0.222. The Kier molecular flexibility index (Phi) is 6.45. The Hall–Kier alpha value is -3.12. The van der Waals surface area contributed by atoms with Crippen LogP contribution in [0.1, 0.15) is 27.6 Å². The lowest BCUT2D eigenvalue weighted by atomic mass is 10.2. The molecular formula is C22H19BrN2O3. The third-order valence-electron chi connectivity index (χ3n) is 3.91. The molecule has 28 heavy (non-hydrogen) atoms. The fourth-order valence-corrected chi connectivity index (χ4v) is 3.08. The molecule has 2 N–H and O–H groups in total. The molecule has 142 valence electrons. The van der Waals surface area contributed by atoms with Gasteiger partial charge in [-0.05, 0) is 71.4 Å². The molecule has 3 aromatic carbocycles. The third-order valence-corrected chi connectivity index (χ3v) is 4.53. The number of carbonyl (C=O) groups is 2. The average molecular weight is 439 g/mol. The van der Waals surface area contributed by atoms with Crippen molar-refractivity contribution in [3.8, 4) is 5.75 Å². The van der Waals surface area contributed by atoms with Crippen LogP contribution >= 0.6 is 15.9 Å². The van der Waals surface area contributed by atoms with Gasteiger partial charge >= 0.3 is 0 Å². The maximum Gasteiger partial charge on any atom is 0.255 e. The lowest BCUT2D eigenvalue weighted by Gasteiger charge is -2.10. The minimum Gasteiger partial charge on any atom is -0.493 e. The van der Waals surface area contributed by atoms with E-state index in [1.165, 1.54) is 0 Å². The molecule has 0 aliphatic rings. The van der Waals surface area contributed by atoms with Crippen LogP contribution in [0.25, 0.3) is 0 Å². The van der Waals surface area contributed by atoms with Gasteiger partial charge in [0.05, 0.1) is 11.1 Å². The van der Waals surface area contributed by atoms with Gasteiger partial charge in [0.15, 0.2) is 0 Å². The molecule has 3 aromatic rings. The number of amides is 2. The zero-order valence-electron chi connectivity index (χ0n) is 15.2. The Morgan fingerprint density at radius 1 is 0.821 bits per heavy atom. The van der Waals surface area contributed by atoms with E-state index in [2.05, 4.69) is 26.6 Å². The highest BCUT2D eigenvalue weighted by atomic mass is 79.9. The summed E-state index contributed by atoms with van der Waals surface area (Å²) in [7, 11) is 0. The minimum atomic E-state index is -0.254. The highest BCUT2D eigenvalue weighted by molar-refractivity contribution is 9.10. The first-order chi connectivity index (χ1) is 13.6. The molecule has 0 atom stereocenters. The minimum absolute atomic E-state index is 0.209. The highest BCUT2D eigenvalue weighted by Gasteiger charge is 2.11. The van der Waals surface area contributed by atoms with Crippen LogP contribution in [0.2, 0.25) is 0 Å². The van der Waals surface area contributed by atoms with Gasteiger partial charge in [-0.3, -0.25) is 9.59 Å². The zero-order valence-corrected chi connectivity index (χ0v) is 16.8. The molecule has 5 nitrogen and oxygen atoms in total. The van der Waals surface area contributed by atoms with Gasteiger partial charge in [-0.15, -0.1) is 0 Å². The fraction of sp³-hybridized carbons (Fsp3) is 0.0909. The van der Waals surface area contributed by atoms with E-state index in [9.17, 15) is 9.59 Å². The molecule has 0 aromatic heterocycles. The van der Waals surface area contributed by atoms with Crippen molar-refractivity contribution in [3.05, 3.63) is 88.4 Å². The van der Waals surface area contributed by atoms with Crippen molar-refractivity contribution >= 4 is 39.1 Å². The van der Waals surface area contributed by atoms with Crippen molar-refractivity contribution < 1.29 is 14.3 Å². The van der Waals surface area contributed by atoms with E-state index in [-0.39, 0.29) is 11.8 Å². The second-order valence-corrected chi connectivity index (χ2v) is 6.79. The summed E-state index contributed by atoms with van der Waals surface area (Å²) in [4.78, 5) is 24.8. The summed E-state index contributed by atoms with van der Waals surface area (Å²) in [5.41, 5.74) is 2.24. The molecule has 6 heteroatoms. The average Bonchev–Trinajstić information content (AvgIpc) is 2.70. The number of carbonyl (C=O) groups excluding carboxylic acids is 2.